The van der Waals surface area contributed by atoms with Crippen LogP contribution >= 0.6 is 0 Å². The van der Waals surface area contributed by atoms with Crippen molar-refractivity contribution in [3.63, 3.8) is 0 Å². The summed E-state index contributed by atoms with van der Waals surface area (Å²) in [6.45, 7) is 0. The Balaban J connectivity index is 1.76. The predicted octanol–water partition coefficient (Wildman–Crippen LogP) is 3.06. The average Bonchev–Trinajstić information content (AvgIpc) is 3.24. The molecule has 4 rings (SSSR count). The Bertz CT molecular complexity index is 1220. The van der Waals surface area contributed by atoms with Gasteiger partial charge in [-0.3, -0.25) is 0 Å². The predicted molar refractivity (Wildman–Crippen MR) is 92.3 cm³/mol. The van der Waals surface area contributed by atoms with Crippen LogP contribution in [0.25, 0.3) is 16.7 Å². The molecule has 26 heavy (non-hydrogen) atoms. The molecule has 4 aromatic rings. The molecule has 0 bridgehead atoms. The summed E-state index contributed by atoms with van der Waals surface area (Å²) < 4.78 is 44.8. The Hall–Kier alpha value is -3.11. The van der Waals surface area contributed by atoms with Crippen LogP contribution in [-0.2, 0) is 9.92 Å². The molecule has 0 aliphatic rings. The third-order valence-corrected chi connectivity index (χ3v) is 5.05. The Labute approximate surface area is 146 Å². The van der Waals surface area contributed by atoms with E-state index in [1.54, 1.807) is 0 Å². The smallest absolute Gasteiger partial charge is 0.142 e. The third kappa shape index (κ3) is 2.95. The molecule has 3 N–H and O–H groups in total. The highest BCUT2D eigenvalue weighted by molar-refractivity contribution is 7.91. The second-order valence-electron chi connectivity index (χ2n) is 5.48. The zero-order valence-electron chi connectivity index (χ0n) is 13.1. The first-order chi connectivity index (χ1) is 12.4. The van der Waals surface area contributed by atoms with E-state index in [-0.39, 0.29) is 16.4 Å². The maximum Gasteiger partial charge on any atom is 0.142 e. The van der Waals surface area contributed by atoms with Gasteiger partial charge in [0.25, 0.3) is 0 Å². The first-order valence-corrected chi connectivity index (χ1v) is 8.98. The van der Waals surface area contributed by atoms with Gasteiger partial charge in [-0.05, 0) is 30.3 Å². The highest BCUT2D eigenvalue weighted by atomic mass is 32.2. The summed E-state index contributed by atoms with van der Waals surface area (Å²) in [5.74, 6) is -0.917. The fourth-order valence-electron chi connectivity index (χ4n) is 2.43. The number of nitrogens with one attached hydrogen (secondary N) is 1. The van der Waals surface area contributed by atoms with E-state index in [1.807, 2.05) is 0 Å². The van der Waals surface area contributed by atoms with Gasteiger partial charge in [0, 0.05) is 17.8 Å². The van der Waals surface area contributed by atoms with Crippen molar-refractivity contribution < 1.29 is 13.0 Å². The zero-order valence-corrected chi connectivity index (χ0v) is 14.0. The molecular weight excluding hydrogens is 362 g/mol. The minimum atomic E-state index is -3.34. The fourth-order valence-corrected chi connectivity index (χ4v) is 3.43. The maximum atomic E-state index is 13.4. The molecule has 132 valence electrons. The highest BCUT2D eigenvalue weighted by Gasteiger charge is 2.14. The van der Waals surface area contributed by atoms with Gasteiger partial charge in [-0.2, -0.15) is 9.46 Å². The number of aromatic amines is 1. The Morgan fingerprint density at radius 2 is 1.92 bits per heavy atom. The molecule has 0 amide bonds. The van der Waals surface area contributed by atoms with Gasteiger partial charge in [0.1, 0.15) is 37.8 Å². The van der Waals surface area contributed by atoms with Crippen LogP contribution in [0.3, 0.4) is 0 Å². The van der Waals surface area contributed by atoms with Gasteiger partial charge in [-0.25, -0.2) is 27.8 Å². The number of H-pyrrole nitrogens is 1. The SMILES string of the molecule is NS(=O)(=Nc1c[nH]c2ncc(F)cc12)c1cnn(-c2ccc(F)cc2)c1. The minimum Gasteiger partial charge on any atom is -0.344 e. The lowest BCUT2D eigenvalue weighted by molar-refractivity contribution is 0.624. The lowest BCUT2D eigenvalue weighted by Gasteiger charge is -2.01. The highest BCUT2D eigenvalue weighted by Crippen LogP contribution is 2.27. The van der Waals surface area contributed by atoms with E-state index in [9.17, 15) is 13.0 Å². The van der Waals surface area contributed by atoms with Crippen molar-refractivity contribution in [2.24, 2.45) is 9.50 Å². The van der Waals surface area contributed by atoms with Crippen molar-refractivity contribution in [2.75, 3.05) is 0 Å². The van der Waals surface area contributed by atoms with Gasteiger partial charge < -0.3 is 4.98 Å². The third-order valence-electron chi connectivity index (χ3n) is 3.70. The van der Waals surface area contributed by atoms with Crippen LogP contribution in [0, 0.1) is 11.6 Å². The molecule has 0 saturated heterocycles. The maximum absolute atomic E-state index is 13.4. The first-order valence-electron chi connectivity index (χ1n) is 7.40. The molecule has 0 radical (unpaired) electrons. The minimum absolute atomic E-state index is 0.181. The topological polar surface area (TPSA) is 102 Å². The van der Waals surface area contributed by atoms with Crippen LogP contribution in [0.5, 0.6) is 0 Å². The number of rotatable bonds is 3. The number of hydrogen-bond donors (Lipinski definition) is 2. The Morgan fingerprint density at radius 3 is 2.69 bits per heavy atom. The molecule has 1 aromatic carbocycles. The molecule has 0 fully saturated rings. The van der Waals surface area contributed by atoms with Crippen LogP contribution in [0.2, 0.25) is 0 Å². The van der Waals surface area contributed by atoms with Crippen molar-refractivity contribution in [1.82, 2.24) is 19.7 Å². The average molecular weight is 374 g/mol. The van der Waals surface area contributed by atoms with Crippen LogP contribution in [0.1, 0.15) is 0 Å². The van der Waals surface area contributed by atoms with E-state index in [0.717, 1.165) is 6.20 Å². The molecule has 0 aliphatic carbocycles. The fraction of sp³-hybridized carbons (Fsp3) is 0. The van der Waals surface area contributed by atoms with E-state index in [4.69, 9.17) is 5.14 Å². The summed E-state index contributed by atoms with van der Waals surface area (Å²) in [5, 5.41) is 10.3. The molecule has 1 atom stereocenters. The van der Waals surface area contributed by atoms with Gasteiger partial charge in [0.2, 0.25) is 0 Å². The summed E-state index contributed by atoms with van der Waals surface area (Å²) >= 11 is 0. The molecule has 10 heteroatoms. The van der Waals surface area contributed by atoms with Crippen molar-refractivity contribution in [2.45, 2.75) is 4.90 Å². The van der Waals surface area contributed by atoms with Crippen molar-refractivity contribution in [3.8, 4) is 5.69 Å². The second kappa shape index (κ2) is 6.00. The second-order valence-corrected chi connectivity index (χ2v) is 7.27. The number of pyridine rings is 1. The molecule has 0 spiro atoms. The van der Waals surface area contributed by atoms with Gasteiger partial charge in [-0.15, -0.1) is 0 Å². The largest absolute Gasteiger partial charge is 0.344 e. The molecule has 3 heterocycles. The summed E-state index contributed by atoms with van der Waals surface area (Å²) in [5.41, 5.74) is 1.21. The first kappa shape index (κ1) is 16.4. The molecule has 3 aromatic heterocycles. The van der Waals surface area contributed by atoms with Gasteiger partial charge in [0.15, 0.2) is 0 Å². The van der Waals surface area contributed by atoms with Gasteiger partial charge >= 0.3 is 0 Å². The lowest BCUT2D eigenvalue weighted by Crippen LogP contribution is -2.11. The molecule has 0 aliphatic heterocycles. The number of aromatic nitrogens is 4. The van der Waals surface area contributed by atoms with Crippen LogP contribution < -0.4 is 5.14 Å². The normalized spacial score (nSPS) is 13.7. The standard InChI is InChI=1S/C16H12F2N6OS/c17-10-1-3-12(4-2-10)24-9-13(7-22-24)26(19,25)23-15-8-21-16-14(15)5-11(18)6-20-16/h1-9H,(H,20,21)(H2,19,23,25). The number of hydrogen-bond acceptors (Lipinski definition) is 4. The van der Waals surface area contributed by atoms with Gasteiger partial charge in [-0.1, -0.05) is 0 Å². The lowest BCUT2D eigenvalue weighted by atomic mass is 10.3. The van der Waals surface area contributed by atoms with E-state index >= 15 is 0 Å². The molecule has 7 nitrogen and oxygen atoms in total. The van der Waals surface area contributed by atoms with E-state index in [1.165, 1.54) is 53.6 Å². The van der Waals surface area contributed by atoms with Crippen LogP contribution in [-0.4, -0.2) is 24.0 Å². The molecule has 0 saturated carbocycles. The van der Waals surface area contributed by atoms with E-state index in [2.05, 4.69) is 19.4 Å². The number of nitrogens with two attached hydrogens (primary N) is 1. The molecule has 1 unspecified atom stereocenters. The Morgan fingerprint density at radius 1 is 1.15 bits per heavy atom. The monoisotopic (exact) mass is 374 g/mol. The quantitative estimate of drug-likeness (QED) is 0.576. The van der Waals surface area contributed by atoms with Gasteiger partial charge in [0.05, 0.1) is 18.1 Å². The summed E-state index contributed by atoms with van der Waals surface area (Å²) in [7, 11) is -3.34. The Kier molecular flexibility index (Phi) is 3.78. The van der Waals surface area contributed by atoms with Crippen molar-refractivity contribution >= 4 is 26.6 Å². The van der Waals surface area contributed by atoms with Crippen molar-refractivity contribution in [3.05, 3.63) is 66.8 Å². The number of nitrogens with zero attached hydrogens (tertiary/aromatic N) is 4. The number of benzene rings is 1. The van der Waals surface area contributed by atoms with E-state index in [0.29, 0.717) is 16.7 Å². The summed E-state index contributed by atoms with van der Waals surface area (Å²) in [6, 6.07) is 6.85. The zero-order chi connectivity index (χ0) is 18.3. The van der Waals surface area contributed by atoms with Crippen LogP contribution in [0.15, 0.2) is 64.4 Å². The summed E-state index contributed by atoms with van der Waals surface area (Å²) in [6.07, 6.45) is 5.29. The summed E-state index contributed by atoms with van der Waals surface area (Å²) in [4.78, 5) is 6.88. The van der Waals surface area contributed by atoms with E-state index < -0.39 is 15.7 Å². The number of halogens is 2. The number of fused-ring (bicyclic) bond motifs is 1. The van der Waals surface area contributed by atoms with Crippen molar-refractivity contribution in [1.29, 1.82) is 0 Å². The van der Waals surface area contributed by atoms with Crippen LogP contribution in [0.4, 0.5) is 14.5 Å². The molecular formula is C16H12F2N6OS.